The van der Waals surface area contributed by atoms with Gasteiger partial charge in [0.15, 0.2) is 0 Å². The summed E-state index contributed by atoms with van der Waals surface area (Å²) in [5, 5.41) is 12.7. The van der Waals surface area contributed by atoms with Crippen LogP contribution in [0.3, 0.4) is 0 Å². The van der Waals surface area contributed by atoms with Gasteiger partial charge < -0.3 is 14.8 Å². The second-order valence-corrected chi connectivity index (χ2v) is 4.73. The lowest BCUT2D eigenvalue weighted by molar-refractivity contribution is 0.274. The van der Waals surface area contributed by atoms with E-state index in [1.807, 2.05) is 19.2 Å². The summed E-state index contributed by atoms with van der Waals surface area (Å²) >= 11 is 1.68. The lowest BCUT2D eigenvalue weighted by Gasteiger charge is -2.20. The van der Waals surface area contributed by atoms with Gasteiger partial charge in [-0.2, -0.15) is 11.8 Å². The minimum Gasteiger partial charge on any atom is -0.468 e. The highest BCUT2D eigenvalue weighted by Crippen LogP contribution is 2.12. The maximum Gasteiger partial charge on any atom is 0.120 e. The Labute approximate surface area is 95.2 Å². The van der Waals surface area contributed by atoms with Crippen molar-refractivity contribution in [2.45, 2.75) is 31.7 Å². The molecule has 86 valence electrons. The summed E-state index contributed by atoms with van der Waals surface area (Å²) in [4.78, 5) is 0. The third-order valence-electron chi connectivity index (χ3n) is 2.59. The summed E-state index contributed by atoms with van der Waals surface area (Å²) in [5.74, 6) is 0.972. The minimum absolute atomic E-state index is 0.201. The Morgan fingerprint density at radius 1 is 1.60 bits per heavy atom. The summed E-state index contributed by atoms with van der Waals surface area (Å²) in [6.07, 6.45) is 3.71. The second kappa shape index (κ2) is 6.20. The largest absolute Gasteiger partial charge is 0.468 e. The molecule has 3 nitrogen and oxygen atoms in total. The molecule has 1 rings (SSSR count). The van der Waals surface area contributed by atoms with E-state index in [-0.39, 0.29) is 17.9 Å². The molecule has 4 heteroatoms. The van der Waals surface area contributed by atoms with Gasteiger partial charge in [0.1, 0.15) is 5.76 Å². The second-order valence-electron chi connectivity index (χ2n) is 3.65. The Morgan fingerprint density at radius 2 is 2.33 bits per heavy atom. The minimum atomic E-state index is 0.201. The monoisotopic (exact) mass is 229 g/mol. The van der Waals surface area contributed by atoms with Crippen molar-refractivity contribution in [1.82, 2.24) is 5.32 Å². The predicted octanol–water partition coefficient (Wildman–Crippen LogP) is 1.79. The van der Waals surface area contributed by atoms with Crippen molar-refractivity contribution >= 4 is 11.8 Å². The van der Waals surface area contributed by atoms with E-state index >= 15 is 0 Å². The van der Waals surface area contributed by atoms with Gasteiger partial charge in [0.25, 0.3) is 0 Å². The van der Waals surface area contributed by atoms with Gasteiger partial charge in [-0.3, -0.25) is 0 Å². The van der Waals surface area contributed by atoms with Crippen LogP contribution >= 0.6 is 11.8 Å². The molecule has 2 unspecified atom stereocenters. The molecule has 0 saturated heterocycles. The van der Waals surface area contributed by atoms with Crippen molar-refractivity contribution in [3.8, 4) is 0 Å². The Bertz CT molecular complexity index is 284. The van der Waals surface area contributed by atoms with Gasteiger partial charge in [-0.15, -0.1) is 0 Å². The fraction of sp³-hybridized carbons (Fsp3) is 0.636. The molecule has 2 N–H and O–H groups in total. The van der Waals surface area contributed by atoms with Crippen molar-refractivity contribution in [2.24, 2.45) is 0 Å². The van der Waals surface area contributed by atoms with Crippen LogP contribution in [-0.4, -0.2) is 29.3 Å². The Balaban J connectivity index is 2.40. The maximum absolute atomic E-state index is 9.12. The van der Waals surface area contributed by atoms with Crippen LogP contribution in [0, 0.1) is 6.92 Å². The van der Waals surface area contributed by atoms with Crippen LogP contribution in [0.1, 0.15) is 18.2 Å². The van der Waals surface area contributed by atoms with E-state index in [1.165, 1.54) is 5.56 Å². The zero-order valence-electron chi connectivity index (χ0n) is 9.49. The number of aliphatic hydroxyl groups is 1. The molecule has 0 saturated carbocycles. The van der Waals surface area contributed by atoms with Crippen LogP contribution in [0.5, 0.6) is 0 Å². The molecule has 1 aromatic rings. The first-order chi connectivity index (χ1) is 7.19. The average Bonchev–Trinajstić information content (AvgIpc) is 2.63. The molecule has 0 amide bonds. The first kappa shape index (κ1) is 12.6. The highest BCUT2D eigenvalue weighted by molar-refractivity contribution is 7.99. The first-order valence-electron chi connectivity index (χ1n) is 5.09. The van der Waals surface area contributed by atoms with E-state index in [4.69, 9.17) is 9.52 Å². The molecule has 0 aromatic carbocycles. The normalized spacial score (nSPS) is 15.2. The lowest BCUT2D eigenvalue weighted by Crippen LogP contribution is -2.37. The molecule has 0 fully saturated rings. The van der Waals surface area contributed by atoms with Gasteiger partial charge in [-0.05, 0) is 31.7 Å². The van der Waals surface area contributed by atoms with Gasteiger partial charge in [0.05, 0.1) is 19.4 Å². The van der Waals surface area contributed by atoms with E-state index in [9.17, 15) is 0 Å². The number of rotatable bonds is 6. The molecule has 1 aromatic heterocycles. The Kier molecular flexibility index (Phi) is 5.22. The SMILES string of the molecule is CSC(CO)C(C)NCc1occc1C. The highest BCUT2D eigenvalue weighted by Gasteiger charge is 2.15. The third-order valence-corrected chi connectivity index (χ3v) is 3.76. The number of thioether (sulfide) groups is 1. The smallest absolute Gasteiger partial charge is 0.120 e. The van der Waals surface area contributed by atoms with Crippen LogP contribution in [-0.2, 0) is 6.54 Å². The number of nitrogens with one attached hydrogen (secondary N) is 1. The molecule has 0 bridgehead atoms. The van der Waals surface area contributed by atoms with E-state index in [0.717, 1.165) is 12.3 Å². The summed E-state index contributed by atoms with van der Waals surface area (Å²) < 4.78 is 5.33. The lowest BCUT2D eigenvalue weighted by atomic mass is 10.2. The Morgan fingerprint density at radius 3 is 2.80 bits per heavy atom. The average molecular weight is 229 g/mol. The molecular weight excluding hydrogens is 210 g/mol. The predicted molar refractivity (Wildman–Crippen MR) is 64.1 cm³/mol. The molecule has 0 aliphatic heterocycles. The van der Waals surface area contributed by atoms with Gasteiger partial charge in [-0.25, -0.2) is 0 Å². The first-order valence-corrected chi connectivity index (χ1v) is 6.37. The third kappa shape index (κ3) is 3.55. The van der Waals surface area contributed by atoms with Gasteiger partial charge in [0, 0.05) is 11.3 Å². The van der Waals surface area contributed by atoms with E-state index in [1.54, 1.807) is 18.0 Å². The van der Waals surface area contributed by atoms with Crippen LogP contribution in [0.4, 0.5) is 0 Å². The summed E-state index contributed by atoms with van der Waals surface area (Å²) in [6, 6.07) is 2.23. The maximum atomic E-state index is 9.12. The molecule has 0 aliphatic rings. The molecule has 0 aliphatic carbocycles. The van der Waals surface area contributed by atoms with Crippen LogP contribution in [0.15, 0.2) is 16.7 Å². The molecule has 2 atom stereocenters. The van der Waals surface area contributed by atoms with Gasteiger partial charge in [0.2, 0.25) is 0 Å². The van der Waals surface area contributed by atoms with Crippen molar-refractivity contribution in [1.29, 1.82) is 0 Å². The summed E-state index contributed by atoms with van der Waals surface area (Å²) in [7, 11) is 0. The zero-order valence-corrected chi connectivity index (χ0v) is 10.3. The highest BCUT2D eigenvalue weighted by atomic mass is 32.2. The standard InChI is InChI=1S/C11H19NO2S/c1-8-4-5-14-10(8)6-12-9(2)11(7-13)15-3/h4-5,9,11-13H,6-7H2,1-3H3. The number of hydrogen-bond acceptors (Lipinski definition) is 4. The van der Waals surface area contributed by atoms with Crippen LogP contribution in [0.25, 0.3) is 0 Å². The van der Waals surface area contributed by atoms with Crippen molar-refractivity contribution in [3.05, 3.63) is 23.7 Å². The van der Waals surface area contributed by atoms with E-state index in [2.05, 4.69) is 12.2 Å². The van der Waals surface area contributed by atoms with Crippen molar-refractivity contribution in [3.63, 3.8) is 0 Å². The summed E-state index contributed by atoms with van der Waals surface area (Å²) in [6.45, 7) is 5.03. The van der Waals surface area contributed by atoms with E-state index in [0.29, 0.717) is 0 Å². The molecule has 1 heterocycles. The fourth-order valence-electron chi connectivity index (χ4n) is 1.41. The van der Waals surface area contributed by atoms with Crippen LogP contribution in [0.2, 0.25) is 0 Å². The molecule has 15 heavy (non-hydrogen) atoms. The number of aryl methyl sites for hydroxylation is 1. The fourth-order valence-corrected chi connectivity index (χ4v) is 2.06. The van der Waals surface area contributed by atoms with Crippen molar-refractivity contribution in [2.75, 3.05) is 12.9 Å². The van der Waals surface area contributed by atoms with Gasteiger partial charge in [-0.1, -0.05) is 0 Å². The quantitative estimate of drug-likeness (QED) is 0.780. The Hall–Kier alpha value is -0.450. The molecule has 0 radical (unpaired) electrons. The van der Waals surface area contributed by atoms with Crippen molar-refractivity contribution < 1.29 is 9.52 Å². The summed E-state index contributed by atoms with van der Waals surface area (Å²) in [5.41, 5.74) is 1.17. The van der Waals surface area contributed by atoms with Gasteiger partial charge >= 0.3 is 0 Å². The number of aliphatic hydroxyl groups excluding tert-OH is 1. The topological polar surface area (TPSA) is 45.4 Å². The molecular formula is C11H19NO2S. The number of furan rings is 1. The van der Waals surface area contributed by atoms with Crippen LogP contribution < -0.4 is 5.32 Å². The number of hydrogen-bond donors (Lipinski definition) is 2. The van der Waals surface area contributed by atoms with E-state index < -0.39 is 0 Å². The molecule has 0 spiro atoms. The zero-order chi connectivity index (χ0) is 11.3.